The van der Waals surface area contributed by atoms with Gasteiger partial charge >= 0.3 is 6.09 Å². The predicted octanol–water partition coefficient (Wildman–Crippen LogP) is 3.21. The summed E-state index contributed by atoms with van der Waals surface area (Å²) in [7, 11) is -1.42. The molecule has 3 heterocycles. The molecule has 4 N–H and O–H groups in total. The fourth-order valence-corrected chi connectivity index (χ4v) is 9.28. The first-order valence-electron chi connectivity index (χ1n) is 19.0. The molecule has 1 aromatic carbocycles. The second-order valence-electron chi connectivity index (χ2n) is 15.9. The molecule has 2 saturated carbocycles. The molecule has 4 amide bonds. The van der Waals surface area contributed by atoms with Crippen LogP contribution in [-0.2, 0) is 29.1 Å². The van der Waals surface area contributed by atoms with Crippen molar-refractivity contribution >= 4 is 44.9 Å². The Hall–Kier alpha value is -4.58. The Bertz CT molecular complexity index is 1990. The van der Waals surface area contributed by atoms with Crippen LogP contribution in [0.25, 0.3) is 11.0 Å². The van der Waals surface area contributed by atoms with Gasteiger partial charge in [-0.3, -0.25) is 19.1 Å². The number of fused-ring (bicyclic) bond motifs is 3. The Morgan fingerprint density at radius 1 is 1.14 bits per heavy atom. The number of allylic oxidation sites excluding steroid dienone is 1. The molecule has 6 rings (SSSR count). The van der Waals surface area contributed by atoms with Crippen molar-refractivity contribution in [1.82, 2.24) is 30.2 Å². The van der Waals surface area contributed by atoms with E-state index in [9.17, 15) is 37.1 Å². The maximum Gasteiger partial charge on any atom is 0.405 e. The number of hydrogen-bond acceptors (Lipinski definition) is 11. The van der Waals surface area contributed by atoms with Gasteiger partial charge < -0.3 is 34.9 Å². The first-order chi connectivity index (χ1) is 26.6. The Balaban J connectivity index is 1.38. The highest BCUT2D eigenvalue weighted by atomic mass is 32.2. The average molecular weight is 803 g/mol. The van der Waals surface area contributed by atoms with Crippen molar-refractivity contribution in [2.75, 3.05) is 34.0 Å². The molecule has 0 radical (unpaired) electrons. The van der Waals surface area contributed by atoms with Crippen LogP contribution < -0.4 is 24.8 Å². The number of alkyl halides is 1. The van der Waals surface area contributed by atoms with Crippen molar-refractivity contribution in [2.24, 2.45) is 17.8 Å². The molecule has 0 bridgehead atoms. The molecule has 18 heteroatoms. The van der Waals surface area contributed by atoms with Crippen LogP contribution in [0.3, 0.4) is 0 Å². The molecular formula is C38H51FN6O10S. The third-order valence-electron chi connectivity index (χ3n) is 11.4. The lowest BCUT2D eigenvalue weighted by Gasteiger charge is -2.33. The first kappa shape index (κ1) is 41.1. The summed E-state index contributed by atoms with van der Waals surface area (Å²) in [5.41, 5.74) is -0.0655. The number of methoxy groups -OCH3 is 2. The molecule has 1 saturated heterocycles. The molecule has 0 spiro atoms. The van der Waals surface area contributed by atoms with E-state index in [-0.39, 0.29) is 56.6 Å². The zero-order valence-corrected chi connectivity index (χ0v) is 33.1. The SMILES string of the molecule is COC[C@@H]1C[C@@H](C)CC/C=C\[C@@H]2C[C@@]2(C(=O)NS(=O)(=O)C2(CF)CC2)NC(=O)[C@@H]2C[C@@H](Oc3nc4cc(OC)ccc4nc3C(C)C)CN2C(=O)[C@H]1NC(=O)O. The Kier molecular flexibility index (Phi) is 11.8. The fourth-order valence-electron chi connectivity index (χ4n) is 7.86. The van der Waals surface area contributed by atoms with Crippen molar-refractivity contribution in [3.63, 3.8) is 0 Å². The molecule has 0 unspecified atom stereocenters. The van der Waals surface area contributed by atoms with Gasteiger partial charge in [0.15, 0.2) is 0 Å². The molecule has 1 aromatic heterocycles. The minimum absolute atomic E-state index is 0.00780. The number of carbonyl (C=O) groups is 4. The summed E-state index contributed by atoms with van der Waals surface area (Å²) >= 11 is 0. The lowest BCUT2D eigenvalue weighted by Crippen LogP contribution is -2.60. The van der Waals surface area contributed by atoms with Crippen molar-refractivity contribution in [2.45, 2.75) is 100 Å². The molecule has 56 heavy (non-hydrogen) atoms. The van der Waals surface area contributed by atoms with Crippen LogP contribution >= 0.6 is 0 Å². The van der Waals surface area contributed by atoms with E-state index in [1.165, 1.54) is 19.1 Å². The topological polar surface area (TPSA) is 215 Å². The molecule has 2 aliphatic heterocycles. The van der Waals surface area contributed by atoms with E-state index in [1.54, 1.807) is 24.3 Å². The number of benzene rings is 1. The summed E-state index contributed by atoms with van der Waals surface area (Å²) in [4.78, 5) is 66.0. The van der Waals surface area contributed by atoms with Crippen LogP contribution in [0.5, 0.6) is 11.6 Å². The predicted molar refractivity (Wildman–Crippen MR) is 201 cm³/mol. The van der Waals surface area contributed by atoms with Gasteiger partial charge in [-0.1, -0.05) is 32.9 Å². The number of amides is 4. The smallest absolute Gasteiger partial charge is 0.405 e. The Labute approximate surface area is 325 Å². The first-order valence-corrected chi connectivity index (χ1v) is 20.5. The number of carboxylic acid groups (broad SMARTS) is 1. The summed E-state index contributed by atoms with van der Waals surface area (Å²) in [6.07, 6.45) is 3.11. The molecule has 16 nitrogen and oxygen atoms in total. The number of rotatable bonds is 11. The monoisotopic (exact) mass is 802 g/mol. The molecule has 2 aromatic rings. The zero-order valence-electron chi connectivity index (χ0n) is 32.2. The van der Waals surface area contributed by atoms with E-state index in [2.05, 4.69) is 15.4 Å². The number of aromatic nitrogens is 2. The van der Waals surface area contributed by atoms with Gasteiger partial charge in [-0.25, -0.2) is 27.6 Å². The number of hydrogen-bond donors (Lipinski definition) is 4. The average Bonchev–Trinajstić information content (AvgIpc) is 4.05. The molecule has 2 aliphatic carbocycles. The highest BCUT2D eigenvalue weighted by Gasteiger charge is 2.64. The number of carbonyl (C=O) groups excluding carboxylic acids is 3. The number of nitrogens with one attached hydrogen (secondary N) is 3. The van der Waals surface area contributed by atoms with Crippen molar-refractivity contribution in [3.05, 3.63) is 36.0 Å². The number of sulfonamides is 1. The lowest BCUT2D eigenvalue weighted by atomic mass is 9.87. The largest absolute Gasteiger partial charge is 0.497 e. The molecule has 306 valence electrons. The highest BCUT2D eigenvalue weighted by molar-refractivity contribution is 7.91. The summed E-state index contributed by atoms with van der Waals surface area (Å²) < 4.78 is 57.9. The van der Waals surface area contributed by atoms with Crippen molar-refractivity contribution < 1.29 is 51.3 Å². The Morgan fingerprint density at radius 3 is 2.54 bits per heavy atom. The van der Waals surface area contributed by atoms with E-state index in [4.69, 9.17) is 24.2 Å². The maximum absolute atomic E-state index is 14.7. The van der Waals surface area contributed by atoms with E-state index >= 15 is 0 Å². The zero-order chi connectivity index (χ0) is 40.6. The lowest BCUT2D eigenvalue weighted by molar-refractivity contribution is -0.142. The summed E-state index contributed by atoms with van der Waals surface area (Å²) in [6.45, 7) is 4.57. The molecule has 7 atom stereocenters. The van der Waals surface area contributed by atoms with Gasteiger partial charge in [0.1, 0.15) is 46.6 Å². The van der Waals surface area contributed by atoms with Crippen LogP contribution in [0, 0.1) is 17.8 Å². The van der Waals surface area contributed by atoms with Gasteiger partial charge in [-0.2, -0.15) is 0 Å². The van der Waals surface area contributed by atoms with E-state index in [0.717, 1.165) is 0 Å². The number of ether oxygens (including phenoxy) is 3. The van der Waals surface area contributed by atoms with E-state index in [0.29, 0.717) is 41.7 Å². The molecule has 4 aliphatic rings. The standard InChI is InChI=1S/C38H51FN6O10S/c1-21(2)30-33(41-28-15-25(54-5)10-11-27(28)40-30)55-26-16-29-32(46)43-38(35(48)44-56(51,52)37(20-39)12-13-37)17-24(38)9-7-6-8-22(3)14-23(19-53-4)31(42-36(49)50)34(47)45(29)18-26/h7,9-11,15,21-24,26,29,31,42H,6,8,12-14,16-20H2,1-5H3,(H,43,46)(H,44,48)(H,49,50)/b9-7-/t22-,23-,24+,26+,29-,31-,38+/m0/s1. The minimum Gasteiger partial charge on any atom is -0.497 e. The van der Waals surface area contributed by atoms with Gasteiger partial charge in [0, 0.05) is 37.4 Å². The van der Waals surface area contributed by atoms with Crippen LogP contribution in [0.2, 0.25) is 0 Å². The van der Waals surface area contributed by atoms with E-state index < -0.39 is 80.8 Å². The van der Waals surface area contributed by atoms with Gasteiger partial charge in [0.25, 0.3) is 5.91 Å². The van der Waals surface area contributed by atoms with Crippen LogP contribution in [0.15, 0.2) is 30.4 Å². The van der Waals surface area contributed by atoms with Crippen LogP contribution in [-0.4, -0.2) is 115 Å². The molecular weight excluding hydrogens is 752 g/mol. The van der Waals surface area contributed by atoms with Crippen LogP contribution in [0.4, 0.5) is 9.18 Å². The third-order valence-corrected chi connectivity index (χ3v) is 13.6. The highest BCUT2D eigenvalue weighted by Crippen LogP contribution is 2.48. The Morgan fingerprint density at radius 2 is 1.89 bits per heavy atom. The number of nitrogens with zero attached hydrogens (tertiary/aromatic N) is 3. The van der Waals surface area contributed by atoms with Gasteiger partial charge in [0.05, 0.1) is 31.3 Å². The van der Waals surface area contributed by atoms with Gasteiger partial charge in [0.2, 0.25) is 27.7 Å². The fraction of sp³-hybridized carbons (Fsp3) is 0.632. The third kappa shape index (κ3) is 8.26. The summed E-state index contributed by atoms with van der Waals surface area (Å²) in [6, 6.07) is 2.66. The minimum atomic E-state index is -4.41. The second kappa shape index (κ2) is 16.1. The van der Waals surface area contributed by atoms with Crippen molar-refractivity contribution in [3.8, 4) is 11.6 Å². The van der Waals surface area contributed by atoms with Gasteiger partial charge in [-0.05, 0) is 56.6 Å². The normalized spacial score (nSPS) is 29.6. The van der Waals surface area contributed by atoms with Crippen molar-refractivity contribution in [1.29, 1.82) is 0 Å². The van der Waals surface area contributed by atoms with Gasteiger partial charge in [-0.15, -0.1) is 0 Å². The van der Waals surface area contributed by atoms with E-state index in [1.807, 2.05) is 26.8 Å². The molecule has 3 fully saturated rings. The summed E-state index contributed by atoms with van der Waals surface area (Å²) in [5, 5.41) is 15.1. The summed E-state index contributed by atoms with van der Waals surface area (Å²) in [5.74, 6) is -3.02. The number of halogens is 1. The quantitative estimate of drug-likeness (QED) is 0.241. The van der Waals surface area contributed by atoms with Crippen LogP contribution in [0.1, 0.15) is 77.3 Å². The maximum atomic E-state index is 14.7. The second-order valence-corrected chi connectivity index (χ2v) is 18.0.